The number of nitrogen functional groups attached to an aromatic ring is 1. The van der Waals surface area contributed by atoms with E-state index >= 15 is 0 Å². The maximum Gasteiger partial charge on any atom is 0.413 e. The van der Waals surface area contributed by atoms with Crippen LogP contribution in [0, 0.1) is 4.77 Å². The smallest absolute Gasteiger partial charge is 0.413 e. The van der Waals surface area contributed by atoms with E-state index in [1.807, 2.05) is 0 Å². The Morgan fingerprint density at radius 3 is 2.94 bits per heavy atom. The molecule has 0 unspecified atom stereocenters. The monoisotopic (exact) mass is 259 g/mol. The van der Waals surface area contributed by atoms with Gasteiger partial charge >= 0.3 is 6.09 Å². The highest BCUT2D eigenvalue weighted by Gasteiger charge is 2.05. The SMILES string of the molecule is COC(=O)NC(=S)Nc1cnc(=S)[nH]c1N. The molecule has 0 aliphatic carbocycles. The first-order valence-electron chi connectivity index (χ1n) is 4.03. The van der Waals surface area contributed by atoms with Crippen LogP contribution in [0.25, 0.3) is 0 Å². The highest BCUT2D eigenvalue weighted by Crippen LogP contribution is 2.12. The highest BCUT2D eigenvalue weighted by molar-refractivity contribution is 7.80. The van der Waals surface area contributed by atoms with Gasteiger partial charge in [-0.1, -0.05) is 0 Å². The minimum Gasteiger partial charge on any atom is -0.453 e. The maximum atomic E-state index is 10.8. The Morgan fingerprint density at radius 1 is 1.69 bits per heavy atom. The lowest BCUT2D eigenvalue weighted by Crippen LogP contribution is -2.34. The number of aromatic nitrogens is 2. The molecule has 1 rings (SSSR count). The zero-order chi connectivity index (χ0) is 12.1. The number of H-pyrrole nitrogens is 1. The number of thiocarbonyl (C=S) groups is 1. The molecule has 86 valence electrons. The number of nitrogens with zero attached hydrogens (tertiary/aromatic N) is 1. The zero-order valence-electron chi connectivity index (χ0n) is 8.23. The van der Waals surface area contributed by atoms with Crippen LogP contribution < -0.4 is 16.4 Å². The van der Waals surface area contributed by atoms with Crippen LogP contribution in [0.5, 0.6) is 0 Å². The fourth-order valence-corrected chi connectivity index (χ4v) is 1.16. The van der Waals surface area contributed by atoms with Crippen LogP contribution in [0.15, 0.2) is 6.20 Å². The van der Waals surface area contributed by atoms with Gasteiger partial charge in [0.05, 0.1) is 19.0 Å². The minimum absolute atomic E-state index is 0.0471. The standard InChI is InChI=1S/C7H9N5O2S2/c1-14-7(13)12-6(16)10-3-2-9-5(15)11-4(3)8/h2H,1H3,(H3,8,9,11,15)(H2,10,12,13,16). The van der Waals surface area contributed by atoms with Crippen molar-refractivity contribution in [2.45, 2.75) is 0 Å². The van der Waals surface area contributed by atoms with Crippen molar-refractivity contribution >= 4 is 47.1 Å². The van der Waals surface area contributed by atoms with Crippen LogP contribution in [0.4, 0.5) is 16.3 Å². The van der Waals surface area contributed by atoms with Crippen molar-refractivity contribution < 1.29 is 9.53 Å². The van der Waals surface area contributed by atoms with Crippen LogP contribution in [-0.4, -0.2) is 28.3 Å². The summed E-state index contributed by atoms with van der Waals surface area (Å²) in [6, 6.07) is 0. The van der Waals surface area contributed by atoms with Crippen LogP contribution in [0.3, 0.4) is 0 Å². The lowest BCUT2D eigenvalue weighted by Gasteiger charge is -2.09. The van der Waals surface area contributed by atoms with Gasteiger partial charge in [-0.2, -0.15) is 0 Å². The molecule has 0 spiro atoms. The number of carbonyl (C=O) groups is 1. The summed E-state index contributed by atoms with van der Waals surface area (Å²) in [5, 5.41) is 4.96. The molecule has 7 nitrogen and oxygen atoms in total. The summed E-state index contributed by atoms with van der Waals surface area (Å²) in [4.78, 5) is 17.3. The summed E-state index contributed by atoms with van der Waals surface area (Å²) in [5.74, 6) is 0.272. The summed E-state index contributed by atoms with van der Waals surface area (Å²) < 4.78 is 4.62. The topological polar surface area (TPSA) is 105 Å². The molecular weight excluding hydrogens is 250 g/mol. The van der Waals surface area contributed by atoms with E-state index in [0.29, 0.717) is 5.69 Å². The molecular formula is C7H9N5O2S2. The average molecular weight is 259 g/mol. The molecule has 0 aliphatic rings. The Bertz CT molecular complexity index is 472. The van der Waals surface area contributed by atoms with Gasteiger partial charge in [0.15, 0.2) is 9.88 Å². The lowest BCUT2D eigenvalue weighted by atomic mass is 10.5. The van der Waals surface area contributed by atoms with Crippen LogP contribution in [0.2, 0.25) is 0 Å². The van der Waals surface area contributed by atoms with Crippen molar-refractivity contribution in [2.75, 3.05) is 18.2 Å². The maximum absolute atomic E-state index is 10.8. The molecule has 1 aromatic rings. The van der Waals surface area contributed by atoms with E-state index in [4.69, 9.17) is 30.2 Å². The summed E-state index contributed by atoms with van der Waals surface area (Å²) in [6.45, 7) is 0. The van der Waals surface area contributed by atoms with Gasteiger partial charge < -0.3 is 20.8 Å². The molecule has 0 fully saturated rings. The van der Waals surface area contributed by atoms with Gasteiger partial charge in [-0.3, -0.25) is 5.32 Å². The number of alkyl carbamates (subject to hydrolysis) is 1. The zero-order valence-corrected chi connectivity index (χ0v) is 9.87. The molecule has 0 atom stereocenters. The first-order chi connectivity index (χ1) is 7.52. The van der Waals surface area contributed by atoms with Gasteiger partial charge in [0.1, 0.15) is 5.82 Å². The molecule has 0 saturated heterocycles. The molecule has 5 N–H and O–H groups in total. The second-order valence-electron chi connectivity index (χ2n) is 2.59. The second-order valence-corrected chi connectivity index (χ2v) is 3.38. The number of ether oxygens (including phenoxy) is 1. The first kappa shape index (κ1) is 12.3. The number of aromatic amines is 1. The third-order valence-electron chi connectivity index (χ3n) is 1.49. The minimum atomic E-state index is -0.673. The van der Waals surface area contributed by atoms with Gasteiger partial charge in [-0.25, -0.2) is 9.78 Å². The summed E-state index contributed by atoms with van der Waals surface area (Å²) in [6.07, 6.45) is 0.729. The molecule has 1 aromatic heterocycles. The first-order valence-corrected chi connectivity index (χ1v) is 4.85. The fraction of sp³-hybridized carbons (Fsp3) is 0.143. The largest absolute Gasteiger partial charge is 0.453 e. The van der Waals surface area contributed by atoms with Crippen molar-refractivity contribution in [1.82, 2.24) is 15.3 Å². The van der Waals surface area contributed by atoms with Crippen molar-refractivity contribution in [3.63, 3.8) is 0 Å². The van der Waals surface area contributed by atoms with Gasteiger partial charge in [0, 0.05) is 0 Å². The number of hydrogen-bond donors (Lipinski definition) is 4. The predicted octanol–water partition coefficient (Wildman–Crippen LogP) is 0.774. The summed E-state index contributed by atoms with van der Waals surface area (Å²) >= 11 is 9.59. The van der Waals surface area contributed by atoms with Crippen molar-refractivity contribution in [1.29, 1.82) is 0 Å². The van der Waals surface area contributed by atoms with E-state index in [0.717, 1.165) is 0 Å². The van der Waals surface area contributed by atoms with Crippen molar-refractivity contribution in [3.8, 4) is 0 Å². The van der Waals surface area contributed by atoms with Crippen LogP contribution in [-0.2, 0) is 4.74 Å². The number of rotatable bonds is 1. The number of amides is 1. The Morgan fingerprint density at radius 2 is 2.38 bits per heavy atom. The number of anilines is 2. The van der Waals surface area contributed by atoms with Crippen molar-refractivity contribution in [2.24, 2.45) is 0 Å². The number of nitrogens with two attached hydrogens (primary N) is 1. The van der Waals surface area contributed by atoms with E-state index in [1.165, 1.54) is 13.3 Å². The molecule has 0 radical (unpaired) electrons. The van der Waals surface area contributed by atoms with Crippen LogP contribution >= 0.6 is 24.4 Å². The van der Waals surface area contributed by atoms with Crippen molar-refractivity contribution in [3.05, 3.63) is 11.0 Å². The molecule has 0 aromatic carbocycles. The molecule has 1 heterocycles. The van der Waals surface area contributed by atoms with Gasteiger partial charge in [0.25, 0.3) is 0 Å². The molecule has 0 saturated carbocycles. The predicted molar refractivity (Wildman–Crippen MR) is 65.6 cm³/mol. The number of methoxy groups -OCH3 is 1. The number of nitrogens with one attached hydrogen (secondary N) is 3. The normalized spacial score (nSPS) is 9.31. The Hall–Kier alpha value is -1.74. The average Bonchev–Trinajstić information content (AvgIpc) is 2.22. The number of carbonyl (C=O) groups excluding carboxylic acids is 1. The highest BCUT2D eigenvalue weighted by atomic mass is 32.1. The quantitative estimate of drug-likeness (QED) is 0.552. The Balaban J connectivity index is 2.70. The van der Waals surface area contributed by atoms with E-state index in [-0.39, 0.29) is 15.7 Å². The Labute approximate surface area is 101 Å². The van der Waals surface area contributed by atoms with E-state index in [9.17, 15) is 4.79 Å². The third kappa shape index (κ3) is 3.44. The fourth-order valence-electron chi connectivity index (χ4n) is 0.804. The van der Waals surface area contributed by atoms with Gasteiger partial charge in [-0.15, -0.1) is 0 Å². The Kier molecular flexibility index (Phi) is 4.14. The molecule has 16 heavy (non-hydrogen) atoms. The van der Waals surface area contributed by atoms with Crippen LogP contribution in [0.1, 0.15) is 0 Å². The number of hydrogen-bond acceptors (Lipinski definition) is 6. The second kappa shape index (κ2) is 5.37. The van der Waals surface area contributed by atoms with E-state index < -0.39 is 6.09 Å². The third-order valence-corrected chi connectivity index (χ3v) is 1.90. The molecule has 0 aliphatic heterocycles. The lowest BCUT2D eigenvalue weighted by molar-refractivity contribution is 0.177. The molecule has 1 amide bonds. The molecule has 0 bridgehead atoms. The van der Waals surface area contributed by atoms with Gasteiger partial charge in [0.2, 0.25) is 0 Å². The van der Waals surface area contributed by atoms with E-state index in [1.54, 1.807) is 0 Å². The summed E-state index contributed by atoms with van der Waals surface area (Å²) in [5.41, 5.74) is 6.02. The van der Waals surface area contributed by atoms with E-state index in [2.05, 4.69) is 25.3 Å². The summed E-state index contributed by atoms with van der Waals surface area (Å²) in [7, 11) is 1.23. The van der Waals surface area contributed by atoms with Gasteiger partial charge in [-0.05, 0) is 24.4 Å². The molecule has 9 heteroatoms.